The third kappa shape index (κ3) is 3.91. The van der Waals surface area contributed by atoms with E-state index in [0.29, 0.717) is 12.8 Å². The summed E-state index contributed by atoms with van der Waals surface area (Å²) >= 11 is 0. The second-order valence-electron chi connectivity index (χ2n) is 5.90. The first-order chi connectivity index (χ1) is 10.8. The molecule has 0 aliphatic carbocycles. The van der Waals surface area contributed by atoms with Gasteiger partial charge < -0.3 is 15.1 Å². The molecule has 23 heavy (non-hydrogen) atoms. The monoisotopic (exact) mass is 319 g/mol. The van der Waals surface area contributed by atoms with Crippen LogP contribution in [-0.4, -0.2) is 30.4 Å². The van der Waals surface area contributed by atoms with Crippen molar-refractivity contribution in [3.8, 4) is 5.75 Å². The van der Waals surface area contributed by atoms with Gasteiger partial charge >= 0.3 is 13.5 Å². The van der Waals surface area contributed by atoms with Gasteiger partial charge in [0.05, 0.1) is 0 Å². The number of aromatic carboxylic acids is 1. The van der Waals surface area contributed by atoms with Crippen LogP contribution in [0.5, 0.6) is 5.75 Å². The Morgan fingerprint density at radius 2 is 2.22 bits per heavy atom. The predicted octanol–water partition coefficient (Wildman–Crippen LogP) is 1.92. The first kappa shape index (κ1) is 17.1. The maximum atomic E-state index is 14.3. The zero-order valence-corrected chi connectivity index (χ0v) is 13.2. The molecule has 2 N–H and O–H groups in total. The van der Waals surface area contributed by atoms with E-state index in [-0.39, 0.29) is 48.2 Å². The van der Waals surface area contributed by atoms with Crippen molar-refractivity contribution in [1.29, 1.82) is 0 Å². The molecule has 1 aliphatic rings. The third-order valence-electron chi connectivity index (χ3n) is 3.74. The summed E-state index contributed by atoms with van der Waals surface area (Å²) < 4.78 is 19.7. The number of rotatable bonds is 5. The number of carboxylic acid groups (broad SMARTS) is 1. The molecular formula is C16H19BFNO4. The van der Waals surface area contributed by atoms with Gasteiger partial charge in [0.1, 0.15) is 17.1 Å². The van der Waals surface area contributed by atoms with Crippen molar-refractivity contribution in [3.05, 3.63) is 40.7 Å². The minimum atomic E-state index is -1.16. The number of hydrogen-bond acceptors (Lipinski definition) is 3. The lowest BCUT2D eigenvalue weighted by molar-refractivity contribution is -0.121. The number of fused-ring (bicyclic) bond motifs is 1. The Balaban J connectivity index is 2.16. The van der Waals surface area contributed by atoms with E-state index in [4.69, 9.17) is 4.65 Å². The number of hydrogen-bond donors (Lipinski definition) is 2. The summed E-state index contributed by atoms with van der Waals surface area (Å²) in [6.07, 6.45) is 1.12. The molecule has 0 spiro atoms. The van der Waals surface area contributed by atoms with Gasteiger partial charge in [-0.05, 0) is 38.3 Å². The standard InChI is InChI=1S/C16H19BFNO4/c1-8(2)4-5-13(20)19-12-7-10-14(18)9(3)6-11(16(21)22)15(10)23-17-12/h6,12,17H,1,4-5,7H2,2-3H3,(H,19,20)(H,21,22). The molecular weight excluding hydrogens is 300 g/mol. The van der Waals surface area contributed by atoms with Crippen LogP contribution in [0.3, 0.4) is 0 Å². The highest BCUT2D eigenvalue weighted by atomic mass is 19.1. The number of halogens is 1. The van der Waals surface area contributed by atoms with E-state index in [1.807, 2.05) is 6.92 Å². The molecule has 1 aromatic rings. The number of nitrogens with one attached hydrogen (secondary N) is 1. The van der Waals surface area contributed by atoms with E-state index >= 15 is 0 Å². The summed E-state index contributed by atoms with van der Waals surface area (Å²) in [7, 11) is 0.120. The fourth-order valence-electron chi connectivity index (χ4n) is 2.56. The number of carboxylic acids is 1. The molecule has 1 aliphatic heterocycles. The van der Waals surface area contributed by atoms with Crippen molar-refractivity contribution >= 4 is 19.4 Å². The van der Waals surface area contributed by atoms with E-state index in [9.17, 15) is 19.1 Å². The summed E-state index contributed by atoms with van der Waals surface area (Å²) in [4.78, 5) is 23.1. The van der Waals surface area contributed by atoms with Gasteiger partial charge in [-0.2, -0.15) is 0 Å². The van der Waals surface area contributed by atoms with Crippen LogP contribution in [-0.2, 0) is 11.2 Å². The highest BCUT2D eigenvalue weighted by molar-refractivity contribution is 6.32. The highest BCUT2D eigenvalue weighted by Crippen LogP contribution is 2.32. The first-order valence-electron chi connectivity index (χ1n) is 7.41. The number of carbonyl (C=O) groups excluding carboxylic acids is 1. The Labute approximate surface area is 134 Å². The van der Waals surface area contributed by atoms with Crippen LogP contribution in [0.15, 0.2) is 18.2 Å². The topological polar surface area (TPSA) is 75.6 Å². The molecule has 0 radical (unpaired) electrons. The van der Waals surface area contributed by atoms with Gasteiger partial charge in [-0.3, -0.25) is 4.79 Å². The van der Waals surface area contributed by atoms with E-state index in [1.54, 1.807) is 0 Å². The molecule has 1 aromatic carbocycles. The maximum absolute atomic E-state index is 14.3. The smallest absolute Gasteiger partial charge is 0.363 e. The number of carbonyl (C=O) groups is 2. The predicted molar refractivity (Wildman–Crippen MR) is 85.6 cm³/mol. The number of aryl methyl sites for hydroxylation is 1. The molecule has 1 heterocycles. The molecule has 122 valence electrons. The van der Waals surface area contributed by atoms with Gasteiger partial charge in [-0.15, -0.1) is 6.58 Å². The normalized spacial score (nSPS) is 15.9. The lowest BCUT2D eigenvalue weighted by Crippen LogP contribution is -2.45. The lowest BCUT2D eigenvalue weighted by Gasteiger charge is -2.27. The molecule has 5 nitrogen and oxygen atoms in total. The second kappa shape index (κ2) is 6.85. The Morgan fingerprint density at radius 3 is 2.83 bits per heavy atom. The number of amides is 1. The lowest BCUT2D eigenvalue weighted by atomic mass is 9.78. The van der Waals surface area contributed by atoms with Crippen molar-refractivity contribution in [3.63, 3.8) is 0 Å². The van der Waals surface area contributed by atoms with Crippen LogP contribution in [0.25, 0.3) is 0 Å². The van der Waals surface area contributed by atoms with Crippen LogP contribution in [0.1, 0.15) is 41.3 Å². The van der Waals surface area contributed by atoms with E-state index in [1.165, 1.54) is 13.0 Å². The van der Waals surface area contributed by atoms with Gasteiger partial charge in [0.2, 0.25) is 5.91 Å². The SMILES string of the molecule is C=C(C)CCC(=O)NC1BOc2c(C(=O)O)cc(C)c(F)c2C1. The Kier molecular flexibility index (Phi) is 5.08. The molecule has 0 bridgehead atoms. The Morgan fingerprint density at radius 1 is 1.52 bits per heavy atom. The van der Waals surface area contributed by atoms with E-state index in [2.05, 4.69) is 11.9 Å². The van der Waals surface area contributed by atoms with Gasteiger partial charge in [0.15, 0.2) is 0 Å². The third-order valence-corrected chi connectivity index (χ3v) is 3.74. The highest BCUT2D eigenvalue weighted by Gasteiger charge is 2.30. The van der Waals surface area contributed by atoms with E-state index < -0.39 is 11.8 Å². The summed E-state index contributed by atoms with van der Waals surface area (Å²) in [5.41, 5.74) is 1.32. The quantitative estimate of drug-likeness (QED) is 0.642. The first-order valence-corrected chi connectivity index (χ1v) is 7.41. The second-order valence-corrected chi connectivity index (χ2v) is 5.90. The molecule has 1 amide bonds. The minimum Gasteiger partial charge on any atom is -0.561 e. The van der Waals surface area contributed by atoms with Crippen LogP contribution >= 0.6 is 0 Å². The molecule has 7 heteroatoms. The average Bonchev–Trinajstić information content (AvgIpc) is 2.48. The van der Waals surface area contributed by atoms with Crippen LogP contribution in [0.4, 0.5) is 4.39 Å². The van der Waals surface area contributed by atoms with Crippen LogP contribution in [0, 0.1) is 12.7 Å². The van der Waals surface area contributed by atoms with Crippen LogP contribution < -0.4 is 9.97 Å². The molecule has 1 unspecified atom stereocenters. The van der Waals surface area contributed by atoms with Crippen molar-refractivity contribution in [2.75, 3.05) is 0 Å². The molecule has 0 saturated carbocycles. The summed E-state index contributed by atoms with van der Waals surface area (Å²) in [5.74, 6) is -2.11. The Hall–Kier alpha value is -2.31. The van der Waals surface area contributed by atoms with Crippen molar-refractivity contribution in [2.24, 2.45) is 0 Å². The van der Waals surface area contributed by atoms with Crippen molar-refractivity contribution in [1.82, 2.24) is 5.32 Å². The fraction of sp³-hybridized carbons (Fsp3) is 0.375. The minimum absolute atomic E-state index is 0.0500. The molecule has 2 rings (SSSR count). The summed E-state index contributed by atoms with van der Waals surface area (Å²) in [6, 6.07) is 1.27. The van der Waals surface area contributed by atoms with Crippen molar-refractivity contribution < 1.29 is 23.7 Å². The summed E-state index contributed by atoms with van der Waals surface area (Å²) in [5, 5.41) is 12.0. The van der Waals surface area contributed by atoms with Gasteiger partial charge in [0.25, 0.3) is 0 Å². The maximum Gasteiger partial charge on any atom is 0.363 e. The molecule has 0 fully saturated rings. The number of allylic oxidation sites excluding steroid dienone is 1. The van der Waals surface area contributed by atoms with Gasteiger partial charge in [-0.1, -0.05) is 5.57 Å². The zero-order valence-electron chi connectivity index (χ0n) is 13.2. The van der Waals surface area contributed by atoms with Crippen molar-refractivity contribution in [2.45, 2.75) is 39.1 Å². The Bertz CT molecular complexity index is 675. The largest absolute Gasteiger partial charge is 0.561 e. The van der Waals surface area contributed by atoms with E-state index in [0.717, 1.165) is 5.57 Å². The molecule has 1 atom stereocenters. The molecule has 0 aromatic heterocycles. The van der Waals surface area contributed by atoms with Crippen LogP contribution in [0.2, 0.25) is 0 Å². The van der Waals surface area contributed by atoms with Gasteiger partial charge in [-0.25, -0.2) is 9.18 Å². The average molecular weight is 319 g/mol. The number of benzene rings is 1. The molecule has 0 saturated heterocycles. The summed E-state index contributed by atoms with van der Waals surface area (Å²) in [6.45, 7) is 7.10. The zero-order chi connectivity index (χ0) is 17.1. The fourth-order valence-corrected chi connectivity index (χ4v) is 2.56. The van der Waals surface area contributed by atoms with Gasteiger partial charge in [0, 0.05) is 17.9 Å².